The Kier molecular flexibility index (Phi) is 7.07. The van der Waals surface area contributed by atoms with Crippen LogP contribution in [-0.2, 0) is 9.36 Å². The van der Waals surface area contributed by atoms with Gasteiger partial charge in [-0.05, 0) is 42.7 Å². The fourth-order valence-corrected chi connectivity index (χ4v) is 3.12. The first-order valence-electron chi connectivity index (χ1n) is 8.86. The Labute approximate surface area is 184 Å². The quantitative estimate of drug-likeness (QED) is 0.374. The Morgan fingerprint density at radius 1 is 1.26 bits per heavy atom. The van der Waals surface area contributed by atoms with E-state index < -0.39 is 7.42 Å². The predicted octanol–water partition coefficient (Wildman–Crippen LogP) is 4.68. The molecule has 1 unspecified atom stereocenters. The van der Waals surface area contributed by atoms with Crippen LogP contribution in [0.2, 0.25) is 5.02 Å². The van der Waals surface area contributed by atoms with Crippen molar-refractivity contribution < 1.29 is 18.8 Å². The van der Waals surface area contributed by atoms with E-state index in [-0.39, 0.29) is 22.8 Å². The maximum absolute atomic E-state index is 11.6. The number of anilines is 3. The number of aromatic nitrogens is 2. The normalized spacial score (nSPS) is 10.7. The summed E-state index contributed by atoms with van der Waals surface area (Å²) in [5.41, 5.74) is 1.09. The molecule has 1 amide bonds. The fraction of sp³-hybridized carbons (Fsp3) is 0.0476. The smallest absolute Gasteiger partial charge is 0.247 e. The summed E-state index contributed by atoms with van der Waals surface area (Å²) in [5, 5.41) is 6.42. The highest BCUT2D eigenvalue weighted by molar-refractivity contribution is 7.51. The maximum Gasteiger partial charge on any atom is 0.247 e. The molecule has 10 heteroatoms. The molecular weight excluding hydrogens is 439 g/mol. The van der Waals surface area contributed by atoms with Gasteiger partial charge in [0.1, 0.15) is 23.9 Å². The van der Waals surface area contributed by atoms with Crippen LogP contribution < -0.4 is 25.4 Å². The number of ether oxygens (including phenoxy) is 2. The number of hydrogen-bond donors (Lipinski definition) is 2. The summed E-state index contributed by atoms with van der Waals surface area (Å²) in [4.78, 5) is 19.9. The van der Waals surface area contributed by atoms with Gasteiger partial charge in [-0.2, -0.15) is 4.98 Å². The van der Waals surface area contributed by atoms with Gasteiger partial charge < -0.3 is 20.1 Å². The molecule has 0 spiro atoms. The van der Waals surface area contributed by atoms with Crippen molar-refractivity contribution in [2.45, 2.75) is 0 Å². The lowest BCUT2D eigenvalue weighted by Gasteiger charge is -2.12. The monoisotopic (exact) mass is 456 g/mol. The standard InChI is InChI=1S/C21H18ClN4O4P/c1-4-19(27)24-13-6-5-7-14(10-13)30-20-16(22)12-23-21(26-20)25-17-9-8-15(31(3)28)11-18(17)29-2/h4-12H,1,3H2,2H3,(H,24,27)(H,23,25,26). The van der Waals surface area contributed by atoms with Crippen molar-refractivity contribution >= 4 is 53.9 Å². The number of carbonyl (C=O) groups excluding carboxylic acids is 1. The van der Waals surface area contributed by atoms with E-state index in [1.54, 1.807) is 42.5 Å². The molecule has 31 heavy (non-hydrogen) atoms. The molecule has 3 rings (SSSR count). The Morgan fingerprint density at radius 2 is 2.06 bits per heavy atom. The zero-order chi connectivity index (χ0) is 22.4. The van der Waals surface area contributed by atoms with Crippen LogP contribution in [0.25, 0.3) is 0 Å². The number of methoxy groups -OCH3 is 1. The number of rotatable bonds is 8. The van der Waals surface area contributed by atoms with E-state index >= 15 is 0 Å². The first-order valence-corrected chi connectivity index (χ1v) is 10.7. The van der Waals surface area contributed by atoms with Crippen LogP contribution in [0.3, 0.4) is 0 Å². The first kappa shape index (κ1) is 22.1. The molecule has 2 aromatic carbocycles. The van der Waals surface area contributed by atoms with E-state index in [9.17, 15) is 9.36 Å². The van der Waals surface area contributed by atoms with E-state index in [1.807, 2.05) is 0 Å². The number of nitrogens with zero attached hydrogens (tertiary/aromatic N) is 2. The van der Waals surface area contributed by atoms with E-state index in [2.05, 4.69) is 33.5 Å². The van der Waals surface area contributed by atoms with Gasteiger partial charge in [-0.25, -0.2) is 4.98 Å². The topological polar surface area (TPSA) is 102 Å². The third kappa shape index (κ3) is 5.72. The molecule has 0 saturated heterocycles. The highest BCUT2D eigenvalue weighted by atomic mass is 35.5. The van der Waals surface area contributed by atoms with Crippen molar-refractivity contribution in [1.82, 2.24) is 9.97 Å². The van der Waals surface area contributed by atoms with Crippen molar-refractivity contribution in [2.75, 3.05) is 17.7 Å². The van der Waals surface area contributed by atoms with Gasteiger partial charge in [-0.1, -0.05) is 24.2 Å². The summed E-state index contributed by atoms with van der Waals surface area (Å²) < 4.78 is 22.7. The van der Waals surface area contributed by atoms with Crippen LogP contribution in [-0.4, -0.2) is 29.3 Å². The Morgan fingerprint density at radius 3 is 2.77 bits per heavy atom. The number of benzene rings is 2. The maximum atomic E-state index is 11.6. The third-order valence-corrected chi connectivity index (χ3v) is 5.05. The number of nitrogens with one attached hydrogen (secondary N) is 2. The Bertz CT molecular complexity index is 1210. The van der Waals surface area contributed by atoms with E-state index in [4.69, 9.17) is 21.1 Å². The lowest BCUT2D eigenvalue weighted by molar-refractivity contribution is -0.111. The molecule has 1 heterocycles. The average molecular weight is 457 g/mol. The second-order valence-electron chi connectivity index (χ2n) is 6.06. The molecule has 1 aromatic heterocycles. The van der Waals surface area contributed by atoms with Crippen molar-refractivity contribution in [2.24, 2.45) is 0 Å². The van der Waals surface area contributed by atoms with Gasteiger partial charge in [0.15, 0.2) is 0 Å². The number of carbonyl (C=O) groups is 1. The lowest BCUT2D eigenvalue weighted by atomic mass is 10.3. The van der Waals surface area contributed by atoms with Gasteiger partial charge >= 0.3 is 0 Å². The summed E-state index contributed by atoms with van der Waals surface area (Å²) in [5.74, 6) is 0.848. The molecule has 0 bridgehead atoms. The molecule has 3 aromatic rings. The van der Waals surface area contributed by atoms with Gasteiger partial charge in [-0.15, -0.1) is 0 Å². The average Bonchev–Trinajstić information content (AvgIpc) is 2.76. The summed E-state index contributed by atoms with van der Waals surface area (Å²) >= 11 is 6.18. The molecule has 2 N–H and O–H groups in total. The van der Waals surface area contributed by atoms with Crippen molar-refractivity contribution in [3.05, 3.63) is 66.3 Å². The SMILES string of the molecule is C=CC(=O)Nc1cccc(Oc2nc(Nc3ccc(P(=C)=O)cc3OC)ncc2Cl)c1. The number of hydrogen-bond acceptors (Lipinski definition) is 7. The van der Waals surface area contributed by atoms with E-state index in [0.29, 0.717) is 28.2 Å². The molecule has 0 fully saturated rings. The van der Waals surface area contributed by atoms with Crippen molar-refractivity contribution in [3.63, 3.8) is 0 Å². The van der Waals surface area contributed by atoms with Gasteiger partial charge in [0.25, 0.3) is 0 Å². The fourth-order valence-electron chi connectivity index (χ4n) is 2.48. The minimum atomic E-state index is -1.74. The van der Waals surface area contributed by atoms with Crippen LogP contribution in [0, 0.1) is 0 Å². The summed E-state index contributed by atoms with van der Waals surface area (Å²) in [6.45, 7) is 3.42. The van der Waals surface area contributed by atoms with Crippen LogP contribution in [0.4, 0.5) is 17.3 Å². The van der Waals surface area contributed by atoms with Crippen LogP contribution >= 0.6 is 19.0 Å². The highest BCUT2D eigenvalue weighted by Gasteiger charge is 2.12. The van der Waals surface area contributed by atoms with E-state index in [1.165, 1.54) is 19.4 Å². The minimum Gasteiger partial charge on any atom is -0.495 e. The molecule has 0 aliphatic heterocycles. The zero-order valence-corrected chi connectivity index (χ0v) is 18.1. The predicted molar refractivity (Wildman–Crippen MR) is 123 cm³/mol. The largest absolute Gasteiger partial charge is 0.495 e. The first-order chi connectivity index (χ1) is 14.9. The van der Waals surface area contributed by atoms with Crippen LogP contribution in [0.1, 0.15) is 0 Å². The number of halogens is 1. The third-order valence-electron chi connectivity index (χ3n) is 3.93. The minimum absolute atomic E-state index is 0.114. The molecular formula is C21H18ClN4O4P. The molecule has 0 aliphatic rings. The van der Waals surface area contributed by atoms with Crippen molar-refractivity contribution in [1.29, 1.82) is 0 Å². The second kappa shape index (κ2) is 9.93. The Balaban J connectivity index is 1.84. The molecule has 1 atom stereocenters. The molecule has 8 nitrogen and oxygen atoms in total. The van der Waals surface area contributed by atoms with E-state index in [0.717, 1.165) is 0 Å². The molecule has 158 valence electrons. The van der Waals surface area contributed by atoms with Gasteiger partial charge in [0.05, 0.1) is 19.0 Å². The van der Waals surface area contributed by atoms with Crippen LogP contribution in [0.15, 0.2) is 61.3 Å². The molecule has 0 aliphatic carbocycles. The molecule has 0 radical (unpaired) electrons. The number of amides is 1. The van der Waals surface area contributed by atoms with Crippen molar-refractivity contribution in [3.8, 4) is 17.4 Å². The van der Waals surface area contributed by atoms with Crippen LogP contribution in [0.5, 0.6) is 17.4 Å². The summed E-state index contributed by atoms with van der Waals surface area (Å²) in [6.07, 6.45) is 6.10. The lowest BCUT2D eigenvalue weighted by Crippen LogP contribution is -2.07. The highest BCUT2D eigenvalue weighted by Crippen LogP contribution is 2.31. The van der Waals surface area contributed by atoms with Gasteiger partial charge in [0.2, 0.25) is 17.7 Å². The Hall–Kier alpha value is -3.61. The molecule has 0 saturated carbocycles. The second-order valence-corrected chi connectivity index (χ2v) is 7.74. The zero-order valence-electron chi connectivity index (χ0n) is 16.5. The van der Waals surface area contributed by atoms with Gasteiger partial charge in [-0.3, -0.25) is 9.36 Å². The summed E-state index contributed by atoms with van der Waals surface area (Å²) in [7, 11) is -0.249. The summed E-state index contributed by atoms with van der Waals surface area (Å²) in [6, 6.07) is 11.7. The van der Waals surface area contributed by atoms with Gasteiger partial charge in [0, 0.05) is 17.1 Å².